The number of nitrogens with one attached hydrogen (secondary N) is 1. The molecule has 108 valence electrons. The highest BCUT2D eigenvalue weighted by Crippen LogP contribution is 2.19. The van der Waals surface area contributed by atoms with E-state index < -0.39 is 10.7 Å². The summed E-state index contributed by atoms with van der Waals surface area (Å²) in [4.78, 5) is 1.97. The van der Waals surface area contributed by atoms with Crippen LogP contribution in [0.5, 0.6) is 5.75 Å². The van der Waals surface area contributed by atoms with E-state index in [-0.39, 0.29) is 24.5 Å². The van der Waals surface area contributed by atoms with Crippen molar-refractivity contribution in [2.45, 2.75) is 13.2 Å². The van der Waals surface area contributed by atoms with Crippen LogP contribution in [0.1, 0.15) is 11.3 Å². The fourth-order valence-electron chi connectivity index (χ4n) is 1.73. The van der Waals surface area contributed by atoms with Crippen LogP contribution in [0.3, 0.4) is 0 Å². The lowest BCUT2D eigenvalue weighted by molar-refractivity contribution is 0.281. The Kier molecular flexibility index (Phi) is 3.94. The Labute approximate surface area is 113 Å². The smallest absolute Gasteiger partial charge is 0.358 e. The van der Waals surface area contributed by atoms with Crippen molar-refractivity contribution in [1.82, 2.24) is 14.5 Å². The number of aromatic nitrogens is 2. The van der Waals surface area contributed by atoms with Crippen molar-refractivity contribution in [2.75, 3.05) is 0 Å². The van der Waals surface area contributed by atoms with Crippen molar-refractivity contribution in [3.05, 3.63) is 57.5 Å². The number of imidazole rings is 1. The first-order valence-corrected chi connectivity index (χ1v) is 5.85. The third-order valence-corrected chi connectivity index (χ3v) is 2.90. The summed E-state index contributed by atoms with van der Waals surface area (Å²) < 4.78 is 20.3. The van der Waals surface area contributed by atoms with Gasteiger partial charge in [-0.2, -0.15) is 0 Å². The second-order valence-electron chi connectivity index (χ2n) is 4.18. The van der Waals surface area contributed by atoms with Crippen LogP contribution < -0.4 is 21.0 Å². The van der Waals surface area contributed by atoms with Crippen LogP contribution in [0, 0.1) is 16.2 Å². The number of hydrogen-bond acceptors (Lipinski definition) is 4. The van der Waals surface area contributed by atoms with Gasteiger partial charge in [-0.15, -0.1) is 0 Å². The molecular formula is C12H14FN4O3-. The molecule has 0 radical (unpaired) electrons. The Morgan fingerprint density at radius 2 is 2.20 bits per heavy atom. The van der Waals surface area contributed by atoms with E-state index in [1.165, 1.54) is 29.9 Å². The third kappa shape index (κ3) is 2.75. The Morgan fingerprint density at radius 3 is 2.75 bits per heavy atom. The molecule has 2 rings (SSSR count). The molecule has 0 aliphatic carbocycles. The van der Waals surface area contributed by atoms with Crippen LogP contribution in [0.4, 0.5) is 4.39 Å². The SMILES string of the molecule is Cn1c(COc2ccc(CN)cc2F)c[nH]c1=[N+]([O-])[O-]. The minimum atomic E-state index is -0.542. The normalized spacial score (nSPS) is 10.6. The van der Waals surface area contributed by atoms with Crippen molar-refractivity contribution in [1.29, 1.82) is 0 Å². The quantitative estimate of drug-likeness (QED) is 0.786. The lowest BCUT2D eigenvalue weighted by Crippen LogP contribution is -2.29. The molecule has 0 aliphatic heterocycles. The molecule has 0 saturated carbocycles. The second-order valence-corrected chi connectivity index (χ2v) is 4.18. The molecule has 7 nitrogen and oxygen atoms in total. The van der Waals surface area contributed by atoms with Crippen LogP contribution in [0.15, 0.2) is 24.4 Å². The monoisotopic (exact) mass is 281 g/mol. The lowest BCUT2D eigenvalue weighted by Gasteiger charge is -2.11. The number of benzene rings is 1. The van der Waals surface area contributed by atoms with Crippen LogP contribution in [0.2, 0.25) is 0 Å². The average molecular weight is 281 g/mol. The summed E-state index contributed by atoms with van der Waals surface area (Å²) in [6.07, 6.45) is 1.45. The molecule has 20 heavy (non-hydrogen) atoms. The molecule has 0 amide bonds. The molecule has 1 heterocycles. The van der Waals surface area contributed by atoms with Crippen LogP contribution >= 0.6 is 0 Å². The second kappa shape index (κ2) is 5.66. The standard InChI is InChI=1S/C12H14FN4O3/c1-16-9(6-15-12(16)17(18)19)7-20-11-3-2-8(5-14)4-10(11)13/h2-4,6,15H,5,7,14H2,1H3/q-1. The summed E-state index contributed by atoms with van der Waals surface area (Å²) in [6.45, 7) is 0.260. The van der Waals surface area contributed by atoms with Gasteiger partial charge in [0.05, 0.1) is 7.05 Å². The van der Waals surface area contributed by atoms with E-state index in [1.807, 2.05) is 0 Å². The maximum absolute atomic E-state index is 13.7. The lowest BCUT2D eigenvalue weighted by atomic mass is 10.2. The van der Waals surface area contributed by atoms with Gasteiger partial charge in [-0.05, 0) is 17.7 Å². The number of rotatable bonds is 4. The van der Waals surface area contributed by atoms with Crippen molar-refractivity contribution in [3.63, 3.8) is 0 Å². The number of H-pyrrole nitrogens is 1. The summed E-state index contributed by atoms with van der Waals surface area (Å²) >= 11 is 0. The van der Waals surface area contributed by atoms with E-state index >= 15 is 0 Å². The van der Waals surface area contributed by atoms with Crippen molar-refractivity contribution in [3.8, 4) is 5.75 Å². The molecule has 2 aromatic rings. The van der Waals surface area contributed by atoms with E-state index in [0.29, 0.717) is 11.3 Å². The highest BCUT2D eigenvalue weighted by molar-refractivity contribution is 5.29. The van der Waals surface area contributed by atoms with Gasteiger partial charge in [-0.3, -0.25) is 4.90 Å². The predicted molar refractivity (Wildman–Crippen MR) is 70.4 cm³/mol. The van der Waals surface area contributed by atoms with Crippen LogP contribution in [0.25, 0.3) is 0 Å². The first-order chi connectivity index (χ1) is 9.52. The summed E-state index contributed by atoms with van der Waals surface area (Å²) in [6, 6.07) is 4.45. The summed E-state index contributed by atoms with van der Waals surface area (Å²) in [5.74, 6) is -0.438. The Bertz CT molecular complexity index is 674. The fourth-order valence-corrected chi connectivity index (χ4v) is 1.73. The maximum atomic E-state index is 13.7. The summed E-state index contributed by atoms with van der Waals surface area (Å²) in [5.41, 5.74) is 6.43. The van der Waals surface area contributed by atoms with Gasteiger partial charge in [0, 0.05) is 6.54 Å². The Balaban J connectivity index is 2.15. The zero-order valence-corrected chi connectivity index (χ0v) is 10.8. The molecule has 8 heteroatoms. The highest BCUT2D eigenvalue weighted by atomic mass is 19.1. The van der Waals surface area contributed by atoms with Crippen molar-refractivity contribution >= 4 is 0 Å². The molecule has 1 aromatic heterocycles. The summed E-state index contributed by atoms with van der Waals surface area (Å²) in [5, 5.41) is 21.3. The molecule has 3 N–H and O–H groups in total. The van der Waals surface area contributed by atoms with Gasteiger partial charge in [0.2, 0.25) is 0 Å². The topological polar surface area (TPSA) is 105 Å². The molecule has 0 bridgehead atoms. The van der Waals surface area contributed by atoms with Crippen LogP contribution in [-0.4, -0.2) is 9.55 Å². The minimum absolute atomic E-state index is 0.0136. The van der Waals surface area contributed by atoms with E-state index in [2.05, 4.69) is 4.98 Å². The third-order valence-electron chi connectivity index (χ3n) is 2.90. The predicted octanol–water partition coefficient (Wildman–Crippen LogP) is 0.298. The zero-order valence-electron chi connectivity index (χ0n) is 10.8. The van der Waals surface area contributed by atoms with Crippen molar-refractivity contribution < 1.29 is 9.13 Å². The molecule has 0 aliphatic rings. The Morgan fingerprint density at radius 1 is 1.45 bits per heavy atom. The number of nitrogens with two attached hydrogens (primary N) is 1. The first kappa shape index (κ1) is 13.9. The number of aromatic amines is 1. The van der Waals surface area contributed by atoms with E-state index in [0.717, 1.165) is 0 Å². The van der Waals surface area contributed by atoms with Crippen LogP contribution in [-0.2, 0) is 20.2 Å². The van der Waals surface area contributed by atoms with E-state index in [1.54, 1.807) is 6.07 Å². The zero-order chi connectivity index (χ0) is 14.7. The number of hydrogen-bond donors (Lipinski definition) is 2. The van der Waals surface area contributed by atoms with Gasteiger partial charge in [0.15, 0.2) is 11.6 Å². The number of ether oxygens (including phenoxy) is 1. The highest BCUT2D eigenvalue weighted by Gasteiger charge is 2.10. The number of nitrogens with zero attached hydrogens (tertiary/aromatic N) is 2. The summed E-state index contributed by atoms with van der Waals surface area (Å²) in [7, 11) is 1.53. The maximum Gasteiger partial charge on any atom is 0.358 e. The molecule has 1 aromatic carbocycles. The van der Waals surface area contributed by atoms with Crippen molar-refractivity contribution in [2.24, 2.45) is 12.8 Å². The van der Waals surface area contributed by atoms with Gasteiger partial charge in [0.25, 0.3) is 0 Å². The van der Waals surface area contributed by atoms with Gasteiger partial charge in [-0.25, -0.2) is 13.9 Å². The van der Waals surface area contributed by atoms with Gasteiger partial charge in [0.1, 0.15) is 18.5 Å². The number of halogens is 1. The Hall–Kier alpha value is -2.48. The average Bonchev–Trinajstić information content (AvgIpc) is 2.78. The molecule has 0 unspecified atom stereocenters. The van der Waals surface area contributed by atoms with E-state index in [9.17, 15) is 14.8 Å². The van der Waals surface area contributed by atoms with Gasteiger partial charge < -0.3 is 20.9 Å². The molecule has 0 saturated heterocycles. The van der Waals surface area contributed by atoms with E-state index in [4.69, 9.17) is 10.5 Å². The largest absolute Gasteiger partial charge is 0.744 e. The first-order valence-electron chi connectivity index (χ1n) is 5.85. The molecule has 0 fully saturated rings. The fraction of sp³-hybridized carbons (Fsp3) is 0.250. The molecule has 0 atom stereocenters. The van der Waals surface area contributed by atoms with Gasteiger partial charge in [-0.1, -0.05) is 6.07 Å². The van der Waals surface area contributed by atoms with Gasteiger partial charge >= 0.3 is 5.62 Å². The molecular weight excluding hydrogens is 267 g/mol. The molecule has 0 spiro atoms. The minimum Gasteiger partial charge on any atom is -0.744 e.